The van der Waals surface area contributed by atoms with Gasteiger partial charge in [0.1, 0.15) is 0 Å². The second-order valence-corrected chi connectivity index (χ2v) is 6.21. The number of hydrogen-bond donors (Lipinski definition) is 1. The predicted molar refractivity (Wildman–Crippen MR) is 83.5 cm³/mol. The average Bonchev–Trinajstić information content (AvgIpc) is 2.48. The Morgan fingerprint density at radius 3 is 2.80 bits per heavy atom. The molecule has 1 saturated carbocycles. The lowest BCUT2D eigenvalue weighted by atomic mass is 9.77. The van der Waals surface area contributed by atoms with E-state index in [2.05, 4.69) is 42.5 Å². The van der Waals surface area contributed by atoms with Crippen LogP contribution >= 0.6 is 0 Å². The summed E-state index contributed by atoms with van der Waals surface area (Å²) in [6.45, 7) is 0. The molecule has 1 N–H and O–H groups in total. The predicted octanol–water partition coefficient (Wildman–Crippen LogP) is 4.43. The van der Waals surface area contributed by atoms with Gasteiger partial charge in [0.2, 0.25) is 0 Å². The van der Waals surface area contributed by atoms with Crippen LogP contribution in [0.15, 0.2) is 53.6 Å². The first-order chi connectivity index (χ1) is 9.81. The summed E-state index contributed by atoms with van der Waals surface area (Å²) in [6, 6.07) is 10.8. The molecule has 20 heavy (non-hydrogen) atoms. The van der Waals surface area contributed by atoms with E-state index >= 15 is 0 Å². The van der Waals surface area contributed by atoms with Crippen molar-refractivity contribution in [2.24, 2.45) is 5.92 Å². The van der Waals surface area contributed by atoms with Crippen LogP contribution in [0.4, 0.5) is 0 Å². The van der Waals surface area contributed by atoms with Crippen LogP contribution in [0.2, 0.25) is 0 Å². The van der Waals surface area contributed by atoms with Gasteiger partial charge in [0, 0.05) is 0 Å². The van der Waals surface area contributed by atoms with Crippen molar-refractivity contribution in [3.05, 3.63) is 59.2 Å². The lowest BCUT2D eigenvalue weighted by Crippen LogP contribution is -2.16. The highest BCUT2D eigenvalue weighted by Gasteiger charge is 2.23. The largest absolute Gasteiger partial charge is 0.389 e. The SMILES string of the molecule is OC1C=C2CCC(CCCc3ccccc3)CC2=CC1. The normalized spacial score (nSPS) is 25.6. The molecule has 106 valence electrons. The summed E-state index contributed by atoms with van der Waals surface area (Å²) in [6.07, 6.45) is 12.5. The summed E-state index contributed by atoms with van der Waals surface area (Å²) in [7, 11) is 0. The highest BCUT2D eigenvalue weighted by molar-refractivity contribution is 5.37. The van der Waals surface area contributed by atoms with E-state index in [1.165, 1.54) is 55.2 Å². The number of benzene rings is 1. The zero-order valence-corrected chi connectivity index (χ0v) is 12.1. The number of aliphatic hydroxyl groups excluding tert-OH is 1. The highest BCUT2D eigenvalue weighted by Crippen LogP contribution is 2.37. The van der Waals surface area contributed by atoms with E-state index in [4.69, 9.17) is 0 Å². The van der Waals surface area contributed by atoms with Gasteiger partial charge in [-0.25, -0.2) is 0 Å². The Balaban J connectivity index is 1.47. The van der Waals surface area contributed by atoms with Crippen LogP contribution in [0.1, 0.15) is 44.1 Å². The van der Waals surface area contributed by atoms with Crippen molar-refractivity contribution in [3.8, 4) is 0 Å². The molecule has 0 aliphatic heterocycles. The van der Waals surface area contributed by atoms with Crippen LogP contribution in [0.3, 0.4) is 0 Å². The van der Waals surface area contributed by atoms with E-state index in [0.717, 1.165) is 12.3 Å². The first-order valence-corrected chi connectivity index (χ1v) is 7.93. The molecule has 0 amide bonds. The van der Waals surface area contributed by atoms with E-state index in [-0.39, 0.29) is 6.10 Å². The lowest BCUT2D eigenvalue weighted by molar-refractivity contribution is 0.222. The summed E-state index contributed by atoms with van der Waals surface area (Å²) in [5.74, 6) is 0.845. The molecule has 2 unspecified atom stereocenters. The van der Waals surface area contributed by atoms with Gasteiger partial charge in [0.15, 0.2) is 0 Å². The monoisotopic (exact) mass is 268 g/mol. The molecule has 2 atom stereocenters. The molecule has 0 spiro atoms. The highest BCUT2D eigenvalue weighted by atomic mass is 16.3. The molecule has 1 nitrogen and oxygen atoms in total. The Labute approximate surface area is 122 Å². The minimum Gasteiger partial charge on any atom is -0.389 e. The molecule has 2 aliphatic rings. The van der Waals surface area contributed by atoms with E-state index in [9.17, 15) is 5.11 Å². The zero-order chi connectivity index (χ0) is 13.8. The number of rotatable bonds is 4. The summed E-state index contributed by atoms with van der Waals surface area (Å²) in [4.78, 5) is 0. The third kappa shape index (κ3) is 3.40. The number of aliphatic hydroxyl groups is 1. The summed E-state index contributed by atoms with van der Waals surface area (Å²) < 4.78 is 0. The first kappa shape index (κ1) is 13.6. The van der Waals surface area contributed by atoms with Gasteiger partial charge in [-0.1, -0.05) is 42.5 Å². The molecular formula is C19H24O. The smallest absolute Gasteiger partial charge is 0.0761 e. The fraction of sp³-hybridized carbons (Fsp3) is 0.474. The molecule has 0 aromatic heterocycles. The molecule has 0 heterocycles. The molecule has 1 fully saturated rings. The molecule has 0 radical (unpaired) electrons. The average molecular weight is 268 g/mol. The number of aryl methyl sites for hydroxylation is 1. The van der Waals surface area contributed by atoms with Crippen molar-refractivity contribution >= 4 is 0 Å². The van der Waals surface area contributed by atoms with Crippen LogP contribution in [-0.4, -0.2) is 11.2 Å². The maximum atomic E-state index is 9.66. The van der Waals surface area contributed by atoms with Crippen molar-refractivity contribution in [1.29, 1.82) is 0 Å². The topological polar surface area (TPSA) is 20.2 Å². The van der Waals surface area contributed by atoms with E-state index in [1.54, 1.807) is 0 Å². The number of fused-ring (bicyclic) bond motifs is 1. The first-order valence-electron chi connectivity index (χ1n) is 7.93. The zero-order valence-electron chi connectivity index (χ0n) is 12.1. The van der Waals surface area contributed by atoms with Gasteiger partial charge < -0.3 is 5.11 Å². The fourth-order valence-electron chi connectivity index (χ4n) is 3.52. The molecule has 1 heteroatoms. The Hall–Kier alpha value is -1.34. The van der Waals surface area contributed by atoms with Crippen LogP contribution in [0, 0.1) is 5.92 Å². The maximum absolute atomic E-state index is 9.66. The Bertz CT molecular complexity index is 498. The Morgan fingerprint density at radius 2 is 1.95 bits per heavy atom. The van der Waals surface area contributed by atoms with Gasteiger partial charge >= 0.3 is 0 Å². The lowest BCUT2D eigenvalue weighted by Gasteiger charge is -2.29. The Kier molecular flexibility index (Phi) is 4.37. The quantitative estimate of drug-likeness (QED) is 0.856. The minimum absolute atomic E-state index is 0.233. The molecule has 3 rings (SSSR count). The summed E-state index contributed by atoms with van der Waals surface area (Å²) in [5, 5.41) is 9.66. The number of hydrogen-bond acceptors (Lipinski definition) is 1. The van der Waals surface area contributed by atoms with Crippen LogP contribution < -0.4 is 0 Å². The third-order valence-corrected chi connectivity index (χ3v) is 4.66. The van der Waals surface area contributed by atoms with E-state index < -0.39 is 0 Å². The summed E-state index contributed by atoms with van der Waals surface area (Å²) >= 11 is 0. The van der Waals surface area contributed by atoms with Gasteiger partial charge in [-0.05, 0) is 67.6 Å². The molecule has 2 aliphatic carbocycles. The van der Waals surface area contributed by atoms with Gasteiger partial charge in [0.25, 0.3) is 0 Å². The molecule has 0 bridgehead atoms. The van der Waals surface area contributed by atoms with Crippen molar-refractivity contribution < 1.29 is 5.11 Å². The van der Waals surface area contributed by atoms with E-state index in [0.29, 0.717) is 0 Å². The van der Waals surface area contributed by atoms with Crippen molar-refractivity contribution in [2.75, 3.05) is 0 Å². The maximum Gasteiger partial charge on any atom is 0.0761 e. The van der Waals surface area contributed by atoms with Crippen molar-refractivity contribution in [2.45, 2.75) is 51.0 Å². The second kappa shape index (κ2) is 6.41. The molecule has 1 aromatic carbocycles. The summed E-state index contributed by atoms with van der Waals surface area (Å²) in [5.41, 5.74) is 4.40. The third-order valence-electron chi connectivity index (χ3n) is 4.66. The second-order valence-electron chi connectivity index (χ2n) is 6.21. The number of allylic oxidation sites excluding steroid dienone is 2. The van der Waals surface area contributed by atoms with E-state index in [1.807, 2.05) is 0 Å². The van der Waals surface area contributed by atoms with Crippen molar-refractivity contribution in [3.63, 3.8) is 0 Å². The van der Waals surface area contributed by atoms with Crippen LogP contribution in [0.5, 0.6) is 0 Å². The van der Waals surface area contributed by atoms with Gasteiger partial charge in [-0.2, -0.15) is 0 Å². The molecule has 0 saturated heterocycles. The molecular weight excluding hydrogens is 244 g/mol. The van der Waals surface area contributed by atoms with Gasteiger partial charge in [-0.15, -0.1) is 0 Å². The van der Waals surface area contributed by atoms with Gasteiger partial charge in [-0.3, -0.25) is 0 Å². The standard InChI is InChI=1S/C19H24O/c20-19-12-11-17-13-16(9-10-18(17)14-19)8-4-7-15-5-2-1-3-6-15/h1-3,5-6,11,14,16,19-20H,4,7-10,12-13H2. The fourth-order valence-corrected chi connectivity index (χ4v) is 3.52. The van der Waals surface area contributed by atoms with Gasteiger partial charge in [0.05, 0.1) is 6.10 Å². The Morgan fingerprint density at radius 1 is 1.10 bits per heavy atom. The molecule has 1 aromatic rings. The minimum atomic E-state index is -0.233. The van der Waals surface area contributed by atoms with Crippen molar-refractivity contribution in [1.82, 2.24) is 0 Å². The van der Waals surface area contributed by atoms with Crippen LogP contribution in [0.25, 0.3) is 0 Å². The van der Waals surface area contributed by atoms with Crippen LogP contribution in [-0.2, 0) is 6.42 Å².